The zero-order chi connectivity index (χ0) is 16.7. The number of nitrogens with zero attached hydrogens (tertiary/aromatic N) is 1. The largest absolute Gasteiger partial charge is 0.274 e. The van der Waals surface area contributed by atoms with Gasteiger partial charge in [0, 0.05) is 0 Å². The Morgan fingerprint density at radius 1 is 0.833 bits per heavy atom. The van der Waals surface area contributed by atoms with Gasteiger partial charge in [-0.15, -0.1) is 0 Å². The summed E-state index contributed by atoms with van der Waals surface area (Å²) in [5.41, 5.74) is 3.12. The van der Waals surface area contributed by atoms with E-state index in [4.69, 9.17) is 0 Å². The Hall–Kier alpha value is -2.42. The maximum absolute atomic E-state index is 12.9. The molecule has 0 radical (unpaired) electrons. The molecule has 4 rings (SSSR count). The number of carbonyl (C=O) groups excluding carboxylic acids is 2. The summed E-state index contributed by atoms with van der Waals surface area (Å²) in [6.07, 6.45) is 2.56. The van der Waals surface area contributed by atoms with E-state index >= 15 is 0 Å². The number of imide groups is 1. The van der Waals surface area contributed by atoms with Crippen LogP contribution in [0, 0.1) is 18.8 Å². The number of aryl methyl sites for hydroxylation is 1. The summed E-state index contributed by atoms with van der Waals surface area (Å²) in [6.45, 7) is 2.00. The fourth-order valence-corrected chi connectivity index (χ4v) is 4.16. The first-order valence-corrected chi connectivity index (χ1v) is 8.64. The van der Waals surface area contributed by atoms with Gasteiger partial charge in [-0.25, -0.2) is 0 Å². The van der Waals surface area contributed by atoms with E-state index in [9.17, 15) is 9.59 Å². The van der Waals surface area contributed by atoms with Gasteiger partial charge in [0.15, 0.2) is 0 Å². The molecule has 2 fully saturated rings. The second-order valence-electron chi connectivity index (χ2n) is 6.98. The highest BCUT2D eigenvalue weighted by Crippen LogP contribution is 2.45. The van der Waals surface area contributed by atoms with Crippen LogP contribution in [-0.2, 0) is 9.59 Å². The van der Waals surface area contributed by atoms with Gasteiger partial charge < -0.3 is 0 Å². The summed E-state index contributed by atoms with van der Waals surface area (Å²) in [6, 6.07) is 18.0. The summed E-state index contributed by atoms with van der Waals surface area (Å²) in [5.74, 6) is 0.0357. The molecule has 2 aromatic carbocycles. The first-order valence-electron chi connectivity index (χ1n) is 8.64. The molecule has 0 spiro atoms. The van der Waals surface area contributed by atoms with Crippen LogP contribution < -0.4 is 4.90 Å². The minimum atomic E-state index is -0.169. The molecule has 122 valence electrons. The molecule has 0 bridgehead atoms. The van der Waals surface area contributed by atoms with E-state index in [-0.39, 0.29) is 23.7 Å². The predicted octanol–water partition coefficient (Wildman–Crippen LogP) is 4.07. The number of fused-ring (bicyclic) bond motifs is 1. The molecule has 1 heterocycles. The summed E-state index contributed by atoms with van der Waals surface area (Å²) >= 11 is 0. The minimum Gasteiger partial charge on any atom is -0.274 e. The van der Waals surface area contributed by atoms with Crippen LogP contribution in [-0.4, -0.2) is 11.8 Å². The fraction of sp³-hybridized carbons (Fsp3) is 0.333. The van der Waals surface area contributed by atoms with Crippen molar-refractivity contribution in [2.75, 3.05) is 4.90 Å². The Morgan fingerprint density at radius 2 is 1.50 bits per heavy atom. The number of rotatable bonds is 2. The summed E-state index contributed by atoms with van der Waals surface area (Å²) in [4.78, 5) is 27.1. The molecule has 2 aliphatic rings. The lowest BCUT2D eigenvalue weighted by Crippen LogP contribution is -2.30. The fourth-order valence-electron chi connectivity index (χ4n) is 4.16. The van der Waals surface area contributed by atoms with Gasteiger partial charge in [0.1, 0.15) is 0 Å². The SMILES string of the molecule is Cc1ccc(N2C(=O)[C@@H]3CC[C@@H](c4ccccc4)C[C@H]3C2=O)cc1. The summed E-state index contributed by atoms with van der Waals surface area (Å²) in [7, 11) is 0. The first-order chi connectivity index (χ1) is 11.6. The first kappa shape index (κ1) is 15.1. The second-order valence-corrected chi connectivity index (χ2v) is 6.98. The van der Waals surface area contributed by atoms with Crippen LogP contribution >= 0.6 is 0 Å². The molecule has 0 unspecified atom stereocenters. The zero-order valence-corrected chi connectivity index (χ0v) is 13.8. The number of carbonyl (C=O) groups is 2. The quantitative estimate of drug-likeness (QED) is 0.783. The van der Waals surface area contributed by atoms with Gasteiger partial charge in [-0.2, -0.15) is 0 Å². The van der Waals surface area contributed by atoms with Crippen LogP contribution in [0.2, 0.25) is 0 Å². The van der Waals surface area contributed by atoms with Crippen molar-refractivity contribution >= 4 is 17.5 Å². The van der Waals surface area contributed by atoms with Crippen LogP contribution in [0.3, 0.4) is 0 Å². The van der Waals surface area contributed by atoms with Crippen LogP contribution in [0.5, 0.6) is 0 Å². The average molecular weight is 319 g/mol. The third kappa shape index (κ3) is 2.44. The van der Waals surface area contributed by atoms with Crippen molar-refractivity contribution in [3.8, 4) is 0 Å². The third-order valence-corrected chi connectivity index (χ3v) is 5.49. The molecular weight excluding hydrogens is 298 g/mol. The number of anilines is 1. The van der Waals surface area contributed by atoms with E-state index < -0.39 is 0 Å². The smallest absolute Gasteiger partial charge is 0.237 e. The standard InChI is InChI=1S/C21H21NO2/c1-14-7-10-17(11-8-14)22-20(23)18-12-9-16(13-19(18)21(22)24)15-5-3-2-4-6-15/h2-8,10-11,16,18-19H,9,12-13H2,1H3/t16-,18-,19-/m1/s1. The molecule has 2 aromatic rings. The normalized spacial score (nSPS) is 26.5. The van der Waals surface area contributed by atoms with Crippen molar-refractivity contribution in [2.24, 2.45) is 11.8 Å². The third-order valence-electron chi connectivity index (χ3n) is 5.49. The molecule has 0 N–H and O–H groups in total. The van der Waals surface area contributed by atoms with E-state index in [1.807, 2.05) is 49.4 Å². The van der Waals surface area contributed by atoms with Crippen molar-refractivity contribution in [3.05, 3.63) is 65.7 Å². The Bertz CT molecular complexity index is 766. The van der Waals surface area contributed by atoms with E-state index in [1.165, 1.54) is 10.5 Å². The predicted molar refractivity (Wildman–Crippen MR) is 93.7 cm³/mol. The number of amides is 2. The molecular formula is C21H21NO2. The Balaban J connectivity index is 1.60. The highest BCUT2D eigenvalue weighted by molar-refractivity contribution is 6.22. The van der Waals surface area contributed by atoms with E-state index in [1.54, 1.807) is 0 Å². The average Bonchev–Trinajstić information content (AvgIpc) is 2.87. The summed E-state index contributed by atoms with van der Waals surface area (Å²) in [5, 5.41) is 0. The Labute approximate surface area is 142 Å². The number of benzene rings is 2. The van der Waals surface area contributed by atoms with Crippen molar-refractivity contribution in [1.82, 2.24) is 0 Å². The van der Waals surface area contributed by atoms with Gasteiger partial charge in [-0.05, 0) is 49.8 Å². The van der Waals surface area contributed by atoms with E-state index in [2.05, 4.69) is 12.1 Å². The zero-order valence-electron chi connectivity index (χ0n) is 13.8. The number of hydrogen-bond donors (Lipinski definition) is 0. The lowest BCUT2D eigenvalue weighted by atomic mass is 9.73. The molecule has 0 aromatic heterocycles. The Kier molecular flexibility index (Phi) is 3.72. The Morgan fingerprint density at radius 3 is 2.21 bits per heavy atom. The molecule has 1 saturated heterocycles. The van der Waals surface area contributed by atoms with Gasteiger partial charge in [0.25, 0.3) is 0 Å². The van der Waals surface area contributed by atoms with E-state index in [0.717, 1.165) is 24.8 Å². The molecule has 3 nitrogen and oxygen atoms in total. The van der Waals surface area contributed by atoms with Gasteiger partial charge in [-0.1, -0.05) is 48.0 Å². The van der Waals surface area contributed by atoms with Crippen molar-refractivity contribution in [2.45, 2.75) is 32.1 Å². The molecule has 2 amide bonds. The monoisotopic (exact) mass is 319 g/mol. The van der Waals surface area contributed by atoms with Gasteiger partial charge in [-0.3, -0.25) is 14.5 Å². The van der Waals surface area contributed by atoms with Crippen molar-refractivity contribution in [1.29, 1.82) is 0 Å². The minimum absolute atomic E-state index is 0.0136. The lowest BCUT2D eigenvalue weighted by Gasteiger charge is -2.28. The van der Waals surface area contributed by atoms with Gasteiger partial charge in [0.2, 0.25) is 11.8 Å². The molecule has 3 atom stereocenters. The topological polar surface area (TPSA) is 37.4 Å². The molecule has 1 aliphatic carbocycles. The van der Waals surface area contributed by atoms with Crippen molar-refractivity contribution < 1.29 is 9.59 Å². The van der Waals surface area contributed by atoms with E-state index in [0.29, 0.717) is 11.6 Å². The highest BCUT2D eigenvalue weighted by atomic mass is 16.2. The van der Waals surface area contributed by atoms with Crippen LogP contribution in [0.25, 0.3) is 0 Å². The summed E-state index contributed by atoms with van der Waals surface area (Å²) < 4.78 is 0. The van der Waals surface area contributed by atoms with Crippen molar-refractivity contribution in [3.63, 3.8) is 0 Å². The van der Waals surface area contributed by atoms with Gasteiger partial charge >= 0.3 is 0 Å². The highest BCUT2D eigenvalue weighted by Gasteiger charge is 2.50. The van der Waals surface area contributed by atoms with Gasteiger partial charge in [0.05, 0.1) is 17.5 Å². The maximum atomic E-state index is 12.9. The van der Waals surface area contributed by atoms with Crippen LogP contribution in [0.1, 0.15) is 36.3 Å². The molecule has 1 saturated carbocycles. The molecule has 1 aliphatic heterocycles. The number of hydrogen-bond acceptors (Lipinski definition) is 2. The molecule has 3 heteroatoms. The van der Waals surface area contributed by atoms with Crippen LogP contribution in [0.4, 0.5) is 5.69 Å². The second kappa shape index (κ2) is 5.90. The lowest BCUT2D eigenvalue weighted by molar-refractivity contribution is -0.122. The van der Waals surface area contributed by atoms with Crippen LogP contribution in [0.15, 0.2) is 54.6 Å². The maximum Gasteiger partial charge on any atom is 0.237 e. The molecule has 24 heavy (non-hydrogen) atoms.